The molecule has 23 heavy (non-hydrogen) atoms. The number of fused-ring (bicyclic) bond motifs is 1. The summed E-state index contributed by atoms with van der Waals surface area (Å²) in [4.78, 5) is 18.3. The fourth-order valence-electron chi connectivity index (χ4n) is 3.01. The summed E-state index contributed by atoms with van der Waals surface area (Å²) in [6.45, 7) is 0. The Morgan fingerprint density at radius 3 is 2.78 bits per heavy atom. The van der Waals surface area contributed by atoms with Gasteiger partial charge < -0.3 is 4.90 Å². The molecule has 5 nitrogen and oxygen atoms in total. The van der Waals surface area contributed by atoms with E-state index in [2.05, 4.69) is 20.9 Å². The monoisotopic (exact) mass is 414 g/mol. The molecule has 1 aliphatic carbocycles. The predicted octanol–water partition coefficient (Wildman–Crippen LogP) is 2.46. The Morgan fingerprint density at radius 2 is 2.09 bits per heavy atom. The zero-order valence-electron chi connectivity index (χ0n) is 12.2. The van der Waals surface area contributed by atoms with E-state index in [9.17, 15) is 13.2 Å². The number of nitrogens with zero attached hydrogens (tertiary/aromatic N) is 2. The third-order valence-corrected chi connectivity index (χ3v) is 7.99. The minimum absolute atomic E-state index is 0.0512. The highest BCUT2D eigenvalue weighted by atomic mass is 79.9. The number of aliphatic imine (C=N–C) groups is 1. The Labute approximate surface area is 147 Å². The summed E-state index contributed by atoms with van der Waals surface area (Å²) in [5.74, 6) is 0.268. The van der Waals surface area contributed by atoms with E-state index < -0.39 is 9.84 Å². The quantitative estimate of drug-likeness (QED) is 0.743. The average Bonchev–Trinajstić information content (AvgIpc) is 3.20. The molecule has 4 rings (SSSR count). The van der Waals surface area contributed by atoms with Gasteiger partial charge in [0.05, 0.1) is 17.5 Å². The van der Waals surface area contributed by atoms with Crippen LogP contribution < -0.4 is 4.90 Å². The van der Waals surface area contributed by atoms with Gasteiger partial charge in [0.25, 0.3) is 5.91 Å². The summed E-state index contributed by atoms with van der Waals surface area (Å²) < 4.78 is 24.9. The molecule has 2 saturated heterocycles. The van der Waals surface area contributed by atoms with Crippen LogP contribution in [0.4, 0.5) is 5.69 Å². The van der Waals surface area contributed by atoms with Crippen molar-refractivity contribution < 1.29 is 13.2 Å². The van der Waals surface area contributed by atoms with Crippen LogP contribution in [0.5, 0.6) is 0 Å². The van der Waals surface area contributed by atoms with E-state index >= 15 is 0 Å². The lowest BCUT2D eigenvalue weighted by Gasteiger charge is -2.24. The van der Waals surface area contributed by atoms with E-state index in [-0.39, 0.29) is 34.6 Å². The Morgan fingerprint density at radius 1 is 1.30 bits per heavy atom. The molecule has 2 heterocycles. The van der Waals surface area contributed by atoms with Crippen LogP contribution >= 0.6 is 27.7 Å². The number of thioether (sulfide) groups is 1. The number of hydrogen-bond donors (Lipinski definition) is 0. The second kappa shape index (κ2) is 5.60. The van der Waals surface area contributed by atoms with Crippen LogP contribution in [-0.2, 0) is 14.6 Å². The predicted molar refractivity (Wildman–Crippen MR) is 95.6 cm³/mol. The van der Waals surface area contributed by atoms with Gasteiger partial charge in [-0.2, -0.15) is 4.99 Å². The van der Waals surface area contributed by atoms with Gasteiger partial charge in [-0.05, 0) is 31.0 Å². The topological polar surface area (TPSA) is 66.8 Å². The third kappa shape index (κ3) is 3.08. The largest absolute Gasteiger partial charge is 0.316 e. The van der Waals surface area contributed by atoms with Crippen LogP contribution in [-0.4, -0.2) is 42.3 Å². The lowest BCUT2D eigenvalue weighted by molar-refractivity contribution is -0.118. The van der Waals surface area contributed by atoms with Crippen molar-refractivity contribution in [2.24, 2.45) is 10.9 Å². The number of carbonyl (C=O) groups excluding carboxylic acids is 1. The first-order valence-electron chi connectivity index (χ1n) is 7.47. The Balaban J connectivity index is 1.73. The first kappa shape index (κ1) is 15.7. The highest BCUT2D eigenvalue weighted by molar-refractivity contribution is 9.10. The minimum Gasteiger partial charge on any atom is -0.316 e. The maximum Gasteiger partial charge on any atom is 0.251 e. The Kier molecular flexibility index (Phi) is 3.81. The van der Waals surface area contributed by atoms with E-state index in [1.54, 1.807) is 0 Å². The molecular weight excluding hydrogens is 400 g/mol. The molecule has 1 aromatic rings. The van der Waals surface area contributed by atoms with Crippen LogP contribution in [0.3, 0.4) is 0 Å². The zero-order chi connectivity index (χ0) is 16.2. The SMILES string of the molecule is O=C(N=C1S[C@H]2CS(=O)(=O)C[C@H]2N1c1cccc(Br)c1)C1CC1. The van der Waals surface area contributed by atoms with Crippen LogP contribution in [0.1, 0.15) is 12.8 Å². The fraction of sp³-hybridized carbons (Fsp3) is 0.467. The van der Waals surface area contributed by atoms with Crippen molar-refractivity contribution in [1.82, 2.24) is 0 Å². The summed E-state index contributed by atoms with van der Waals surface area (Å²) >= 11 is 4.88. The third-order valence-electron chi connectivity index (χ3n) is 4.29. The first-order chi connectivity index (χ1) is 10.9. The number of benzene rings is 1. The molecule has 0 spiro atoms. The molecule has 0 aromatic heterocycles. The number of carbonyl (C=O) groups is 1. The van der Waals surface area contributed by atoms with E-state index in [0.717, 1.165) is 23.0 Å². The van der Waals surface area contributed by atoms with Crippen LogP contribution in [0, 0.1) is 5.92 Å². The second-order valence-electron chi connectivity index (χ2n) is 6.16. The molecule has 0 N–H and O–H groups in total. The average molecular weight is 415 g/mol. The van der Waals surface area contributed by atoms with E-state index in [1.807, 2.05) is 29.2 Å². The molecule has 0 radical (unpaired) electrons. The van der Waals surface area contributed by atoms with Crippen molar-refractivity contribution in [2.75, 3.05) is 16.4 Å². The normalized spacial score (nSPS) is 30.7. The van der Waals surface area contributed by atoms with Gasteiger partial charge >= 0.3 is 0 Å². The first-order valence-corrected chi connectivity index (χ1v) is 11.0. The lowest BCUT2D eigenvalue weighted by atomic mass is 10.2. The van der Waals surface area contributed by atoms with Gasteiger partial charge in [0.2, 0.25) is 0 Å². The molecule has 3 fully saturated rings. The summed E-state index contributed by atoms with van der Waals surface area (Å²) in [5, 5.41) is 0.592. The molecule has 8 heteroatoms. The smallest absolute Gasteiger partial charge is 0.251 e. The minimum atomic E-state index is -3.03. The van der Waals surface area contributed by atoms with E-state index in [0.29, 0.717) is 5.17 Å². The van der Waals surface area contributed by atoms with Gasteiger partial charge in [0.1, 0.15) is 0 Å². The van der Waals surface area contributed by atoms with Crippen molar-refractivity contribution >= 4 is 54.3 Å². The zero-order valence-corrected chi connectivity index (χ0v) is 15.4. The number of sulfone groups is 1. The number of amidine groups is 1. The van der Waals surface area contributed by atoms with Gasteiger partial charge in [0, 0.05) is 21.3 Å². The summed E-state index contributed by atoms with van der Waals surface area (Å²) in [6, 6.07) is 7.54. The molecule has 1 amide bonds. The van der Waals surface area contributed by atoms with Crippen LogP contribution in [0.25, 0.3) is 0 Å². The summed E-state index contributed by atoms with van der Waals surface area (Å²) in [6.07, 6.45) is 1.83. The molecule has 1 aromatic carbocycles. The van der Waals surface area contributed by atoms with Gasteiger partial charge in [0.15, 0.2) is 15.0 Å². The van der Waals surface area contributed by atoms with Gasteiger partial charge in [-0.1, -0.05) is 33.8 Å². The van der Waals surface area contributed by atoms with E-state index in [1.165, 1.54) is 11.8 Å². The van der Waals surface area contributed by atoms with Gasteiger partial charge in [-0.3, -0.25) is 4.79 Å². The molecule has 122 valence electrons. The summed E-state index contributed by atoms with van der Waals surface area (Å²) in [7, 11) is -3.03. The molecule has 0 unspecified atom stereocenters. The number of amides is 1. The molecule has 2 aliphatic heterocycles. The number of halogens is 1. The standard InChI is InChI=1S/C15H15BrN2O3S2/c16-10-2-1-3-11(6-10)18-12-7-23(20,21)8-13(12)22-15(18)17-14(19)9-4-5-9/h1-3,6,9,12-13H,4-5,7-8H2/t12-,13+/m1/s1. The summed E-state index contributed by atoms with van der Waals surface area (Å²) in [5.41, 5.74) is 0.874. The maximum atomic E-state index is 12.1. The van der Waals surface area contributed by atoms with Gasteiger partial charge in [-0.25, -0.2) is 8.42 Å². The Hall–Kier alpha value is -0.860. The molecule has 1 saturated carbocycles. The lowest BCUT2D eigenvalue weighted by Crippen LogP contribution is -2.37. The number of rotatable bonds is 2. The fourth-order valence-corrected chi connectivity index (χ4v) is 7.31. The molecule has 0 bridgehead atoms. The van der Waals surface area contributed by atoms with Crippen molar-refractivity contribution in [3.05, 3.63) is 28.7 Å². The second-order valence-corrected chi connectivity index (χ2v) is 10.4. The number of anilines is 1. The van der Waals surface area contributed by atoms with Crippen molar-refractivity contribution in [1.29, 1.82) is 0 Å². The van der Waals surface area contributed by atoms with Crippen molar-refractivity contribution in [3.8, 4) is 0 Å². The van der Waals surface area contributed by atoms with Crippen LogP contribution in [0.2, 0.25) is 0 Å². The van der Waals surface area contributed by atoms with Crippen molar-refractivity contribution in [2.45, 2.75) is 24.1 Å². The van der Waals surface area contributed by atoms with Crippen molar-refractivity contribution in [3.63, 3.8) is 0 Å². The van der Waals surface area contributed by atoms with E-state index in [4.69, 9.17) is 0 Å². The molecule has 3 aliphatic rings. The highest BCUT2D eigenvalue weighted by Gasteiger charge is 2.49. The number of hydrogen-bond acceptors (Lipinski definition) is 4. The maximum absolute atomic E-state index is 12.1. The molecule has 2 atom stereocenters. The highest BCUT2D eigenvalue weighted by Crippen LogP contribution is 2.42. The Bertz CT molecular complexity index is 805. The van der Waals surface area contributed by atoms with Crippen LogP contribution in [0.15, 0.2) is 33.7 Å². The van der Waals surface area contributed by atoms with Gasteiger partial charge in [-0.15, -0.1) is 0 Å². The molecular formula is C15H15BrN2O3S2.